The van der Waals surface area contributed by atoms with Crippen LogP contribution in [0.5, 0.6) is 0 Å². The Bertz CT molecular complexity index is 5020. The van der Waals surface area contributed by atoms with Crippen LogP contribution in [0, 0.1) is 40.1 Å². The van der Waals surface area contributed by atoms with Gasteiger partial charge in [0.2, 0.25) is 0 Å². The molecule has 0 spiro atoms. The van der Waals surface area contributed by atoms with Gasteiger partial charge in [0, 0.05) is 352 Å². The van der Waals surface area contributed by atoms with E-state index < -0.39 is 24.2 Å². The highest BCUT2D eigenvalue weighted by atomic mass is 33.5. The Balaban J connectivity index is 0.000000643. The molecular weight excluding hydrogens is 2060 g/mol. The van der Waals surface area contributed by atoms with Crippen molar-refractivity contribution >= 4 is 369 Å². The Morgan fingerprint density at radius 1 is 0.519 bits per heavy atom. The molecule has 0 aliphatic heterocycles. The van der Waals surface area contributed by atoms with E-state index in [1.54, 1.807) is 232 Å². The fraction of sp³-hybridized carbons (Fsp3) is 0.500. The molecule has 4 aliphatic rings. The predicted octanol–water partition coefficient (Wildman–Crippen LogP) is 16.4. The SMILES string of the molecule is C=C(CC)C[C@@H](O)CC#CCC.C=C1C(c2ccccc2)=C([Si](C)(C)C)C[C@@]2(CC)C[C@@H](O)C[C@H]12.CC[C@@]12CC([Si](C)(C)C)=C(c3ccccc3)C(C)=C1C[C@H](O)C2.C[Si](C)(C)C#Cc1ccccc1.S=S=S.S=S=S=S=S=S=S=S=S=S=S=S=S=S=S=S.S=S=S=S=S=S=S=S=S=S=S=S=S=S=S=S=S. The van der Waals surface area contributed by atoms with Crippen LogP contribution in [0.25, 0.3) is 11.1 Å². The second-order valence-electron chi connectivity index (χ2n) is 25.8. The molecule has 6 atom stereocenters. The number of hydrogen-bond acceptors (Lipinski definition) is 9. The third-order valence-corrected chi connectivity index (χ3v) is 81.2. The van der Waals surface area contributed by atoms with Crippen molar-refractivity contribution in [1.82, 2.24) is 0 Å². The van der Waals surface area contributed by atoms with Crippen LogP contribution in [-0.2, 0) is 334 Å². The van der Waals surface area contributed by atoms with Gasteiger partial charge in [0.15, 0.2) is 0 Å². The maximum absolute atomic E-state index is 10.4. The van der Waals surface area contributed by atoms with Gasteiger partial charge in [0.05, 0.1) is 34.5 Å². The summed E-state index contributed by atoms with van der Waals surface area (Å²) in [6, 6.07) is 31.8. The maximum atomic E-state index is 10.4. The number of hydrogen-bond donors (Lipinski definition) is 3. The molecule has 3 N–H and O–H groups in total. The number of allylic oxidation sites excluding steroid dienone is 6. The van der Waals surface area contributed by atoms with Crippen molar-refractivity contribution in [3.63, 3.8) is 0 Å². The van der Waals surface area contributed by atoms with Crippen LogP contribution >= 0.6 is 0 Å². The first-order valence-corrected chi connectivity index (χ1v) is 86.6. The minimum absolute atomic E-state index is 0.155. The molecule has 0 saturated heterocycles. The Morgan fingerprint density at radius 2 is 0.896 bits per heavy atom. The number of aliphatic hydroxyl groups excluding tert-OH is 3. The van der Waals surface area contributed by atoms with Crippen molar-refractivity contribution in [2.24, 2.45) is 16.7 Å². The molecule has 594 valence electrons. The lowest BCUT2D eigenvalue weighted by molar-refractivity contribution is 0.153. The van der Waals surface area contributed by atoms with E-state index in [0.717, 1.165) is 84.2 Å². The van der Waals surface area contributed by atoms with Crippen molar-refractivity contribution < 1.29 is 15.3 Å². The molecule has 3 aromatic carbocycles. The van der Waals surface area contributed by atoms with Crippen LogP contribution in [0.2, 0.25) is 58.9 Å². The fourth-order valence-corrected chi connectivity index (χ4v) is 84.5. The standard InChI is InChI=1S/2C21H30OSi.C11H18O.C11H14Si.S17.S16.S3/c2*1-6-21-13-17(22)12-18(21)15(2)20(16-10-8-7-9-11-16)19(14-21)23(3,4)5;1-4-6-7-8-11(12)9-10(3)5-2;1-12(2,3)10-9-11-7-5-4-6-8-11;1-3-5-7-9-11-13-15-17-16-14-12-10-8-6-4-2;1-3-5-7-9-11-13-15-16-14-12-10-8-6-4-2;1-3-2/h7-11,17,22H,6,12-14H2,1-5H3;7-11,17-18,22H,2,6,12-14H2,1,3-5H3;11-12H,3-5,8-9H2,1-2H3;4-8H,1-3H3;;;/t17-,21+;17-,18+,21+;11-;;;;/m000..../s1. The van der Waals surface area contributed by atoms with Crippen molar-refractivity contribution in [2.75, 3.05) is 0 Å². The molecule has 42 heteroatoms. The number of fused-ring (bicyclic) bond motifs is 2. The Kier molecular flexibility index (Phi) is 66.0. The number of aliphatic hydroxyl groups is 3. The molecule has 2 saturated carbocycles. The van der Waals surface area contributed by atoms with E-state index in [0.29, 0.717) is 18.8 Å². The molecule has 4 aliphatic carbocycles. The van der Waals surface area contributed by atoms with E-state index in [1.807, 2.05) is 44.2 Å². The van der Waals surface area contributed by atoms with E-state index in [9.17, 15) is 15.3 Å². The summed E-state index contributed by atoms with van der Waals surface area (Å²) in [5.41, 5.74) is 15.9. The Hall–Kier alpha value is 3.93. The van der Waals surface area contributed by atoms with Gasteiger partial charge in [0.1, 0.15) is 8.07 Å². The highest BCUT2D eigenvalue weighted by Gasteiger charge is 2.52. The lowest BCUT2D eigenvalue weighted by atomic mass is 9.64. The molecule has 3 aromatic rings. The largest absolute Gasteiger partial charge is 0.393 e. The monoisotopic (exact) mass is 2140 g/mol. The topological polar surface area (TPSA) is 60.7 Å². The van der Waals surface area contributed by atoms with Gasteiger partial charge < -0.3 is 15.3 Å². The molecule has 0 radical (unpaired) electrons. The first-order chi connectivity index (χ1) is 50.6. The molecular formula is C64H92O3S36Si3. The first-order valence-electron chi connectivity index (χ1n) is 32.1. The molecule has 2 fully saturated rings. The molecule has 0 aromatic heterocycles. The van der Waals surface area contributed by atoms with Gasteiger partial charge in [-0.1, -0.05) is 206 Å². The van der Waals surface area contributed by atoms with Crippen LogP contribution in [-0.4, -0.2) is 57.9 Å². The molecule has 3 nitrogen and oxygen atoms in total. The van der Waals surface area contributed by atoms with Gasteiger partial charge in [-0.15, -0.1) is 17.4 Å². The van der Waals surface area contributed by atoms with Crippen LogP contribution in [0.15, 0.2) is 137 Å². The lowest BCUT2D eigenvalue weighted by Gasteiger charge is -2.45. The van der Waals surface area contributed by atoms with E-state index in [2.05, 4.69) is 199 Å². The number of rotatable bonds is 10. The van der Waals surface area contributed by atoms with Crippen LogP contribution in [0.1, 0.15) is 128 Å². The lowest BCUT2D eigenvalue weighted by Crippen LogP contribution is -2.38. The van der Waals surface area contributed by atoms with Gasteiger partial charge in [-0.3, -0.25) is 0 Å². The van der Waals surface area contributed by atoms with E-state index in [1.165, 1.54) is 74.5 Å². The van der Waals surface area contributed by atoms with Crippen LogP contribution in [0.3, 0.4) is 0 Å². The smallest absolute Gasteiger partial charge is 0.129 e. The Labute approximate surface area is 753 Å². The third kappa shape index (κ3) is 47.1. The minimum Gasteiger partial charge on any atom is -0.393 e. The maximum Gasteiger partial charge on any atom is 0.129 e. The summed E-state index contributed by atoms with van der Waals surface area (Å²) >= 11 is 27.2. The van der Waals surface area contributed by atoms with Crippen molar-refractivity contribution in [3.8, 4) is 23.3 Å². The van der Waals surface area contributed by atoms with E-state index >= 15 is 0 Å². The summed E-state index contributed by atoms with van der Waals surface area (Å²) in [5.74, 6) is 9.49. The zero-order valence-electron chi connectivity index (χ0n) is 60.9. The summed E-state index contributed by atoms with van der Waals surface area (Å²) in [6.45, 7) is 40.9. The fourth-order valence-electron chi connectivity index (χ4n) is 11.5. The molecule has 0 amide bonds. The van der Waals surface area contributed by atoms with Crippen molar-refractivity contribution in [3.05, 3.63) is 154 Å². The van der Waals surface area contributed by atoms with Gasteiger partial charge in [0.25, 0.3) is 0 Å². The highest BCUT2D eigenvalue weighted by Crippen LogP contribution is 2.61. The number of benzene rings is 3. The zero-order valence-corrected chi connectivity index (χ0v) is 93.3. The average molecular weight is 2150 g/mol. The van der Waals surface area contributed by atoms with Gasteiger partial charge in [-0.2, -0.15) is 0 Å². The molecule has 7 rings (SSSR count). The summed E-state index contributed by atoms with van der Waals surface area (Å²) in [6.07, 6.45) is 10.7. The van der Waals surface area contributed by atoms with Crippen LogP contribution in [0.4, 0.5) is 0 Å². The van der Waals surface area contributed by atoms with Gasteiger partial charge >= 0.3 is 0 Å². The molecule has 0 bridgehead atoms. The molecule has 106 heavy (non-hydrogen) atoms. The van der Waals surface area contributed by atoms with E-state index in [-0.39, 0.29) is 29.1 Å². The zero-order chi connectivity index (χ0) is 79.3. The third-order valence-electron chi connectivity index (χ3n) is 15.9. The van der Waals surface area contributed by atoms with Crippen molar-refractivity contribution in [1.29, 1.82) is 0 Å². The predicted molar refractivity (Wildman–Crippen MR) is 578 cm³/mol. The quantitative estimate of drug-likeness (QED) is 0.105. The van der Waals surface area contributed by atoms with E-state index in [4.69, 9.17) is 44.8 Å². The second kappa shape index (κ2) is 64.8. The average Bonchev–Trinajstić information content (AvgIpc) is 1.49. The summed E-state index contributed by atoms with van der Waals surface area (Å²) < 4.78 is 0. The van der Waals surface area contributed by atoms with Gasteiger partial charge in [-0.25, -0.2) is 0 Å². The summed E-state index contributed by atoms with van der Waals surface area (Å²) in [4.78, 5) is 0. The summed E-state index contributed by atoms with van der Waals surface area (Å²) in [7, 11) is 45.7. The normalized spacial score (nSPS) is 17.8. The molecule has 0 heterocycles. The second-order valence-corrected chi connectivity index (χ2v) is 93.8. The Morgan fingerprint density at radius 3 is 1.25 bits per heavy atom. The molecule has 0 unspecified atom stereocenters. The first kappa shape index (κ1) is 108. The summed E-state index contributed by atoms with van der Waals surface area (Å²) in [5, 5.41) is 33.5. The van der Waals surface area contributed by atoms with Crippen LogP contribution < -0.4 is 0 Å². The van der Waals surface area contributed by atoms with Gasteiger partial charge in [-0.05, 0) is 133 Å². The van der Waals surface area contributed by atoms with Crippen molar-refractivity contribution in [2.45, 2.75) is 189 Å². The highest BCUT2D eigenvalue weighted by molar-refractivity contribution is 8.78. The minimum atomic E-state index is -1.45.